The van der Waals surface area contributed by atoms with Crippen LogP contribution in [0.2, 0.25) is 5.02 Å². The van der Waals surface area contributed by atoms with Crippen LogP contribution in [0.15, 0.2) is 72.8 Å². The maximum atomic E-state index is 13.1. The van der Waals surface area contributed by atoms with Crippen molar-refractivity contribution in [2.24, 2.45) is 0 Å². The van der Waals surface area contributed by atoms with Gasteiger partial charge < -0.3 is 10.1 Å². The summed E-state index contributed by atoms with van der Waals surface area (Å²) in [4.78, 5) is 13.1. The minimum absolute atomic E-state index is 0.102. The van der Waals surface area contributed by atoms with Gasteiger partial charge in [-0.3, -0.25) is 9.10 Å². The predicted molar refractivity (Wildman–Crippen MR) is 123 cm³/mol. The van der Waals surface area contributed by atoms with Crippen molar-refractivity contribution in [3.05, 3.63) is 77.8 Å². The van der Waals surface area contributed by atoms with Crippen LogP contribution in [0.25, 0.3) is 11.1 Å². The number of hydrogen-bond acceptors (Lipinski definition) is 4. The molecule has 3 aromatic carbocycles. The molecule has 4 rings (SSSR count). The normalized spacial score (nSPS) is 16.1. The van der Waals surface area contributed by atoms with Gasteiger partial charge in [0.25, 0.3) is 5.91 Å². The average Bonchev–Trinajstić information content (AvgIpc) is 2.94. The number of anilines is 2. The van der Waals surface area contributed by atoms with Gasteiger partial charge >= 0.3 is 0 Å². The van der Waals surface area contributed by atoms with E-state index in [4.69, 9.17) is 16.3 Å². The van der Waals surface area contributed by atoms with E-state index in [0.29, 0.717) is 22.1 Å². The van der Waals surface area contributed by atoms with E-state index in [-0.39, 0.29) is 18.9 Å². The van der Waals surface area contributed by atoms with E-state index < -0.39 is 16.1 Å². The molecule has 0 saturated carbocycles. The molecular weight excluding hydrogens is 436 g/mol. The van der Waals surface area contributed by atoms with Crippen LogP contribution in [0.4, 0.5) is 11.4 Å². The Labute approximate surface area is 186 Å². The van der Waals surface area contributed by atoms with Gasteiger partial charge in [-0.25, -0.2) is 8.42 Å². The van der Waals surface area contributed by atoms with E-state index in [0.717, 1.165) is 17.4 Å². The minimum atomic E-state index is -3.57. The Kier molecular flexibility index (Phi) is 5.89. The highest BCUT2D eigenvalue weighted by molar-refractivity contribution is 7.92. The fraction of sp³-hybridized carbons (Fsp3) is 0.174. The molecule has 1 aliphatic rings. The molecular formula is C23H21ClN2O4S. The number of carbonyl (C=O) groups is 1. The highest BCUT2D eigenvalue weighted by Crippen LogP contribution is 2.36. The number of nitrogens with one attached hydrogen (secondary N) is 1. The van der Waals surface area contributed by atoms with Crippen LogP contribution in [-0.2, 0) is 14.8 Å². The van der Waals surface area contributed by atoms with Gasteiger partial charge in [0, 0.05) is 29.2 Å². The Morgan fingerprint density at radius 2 is 1.77 bits per heavy atom. The van der Waals surface area contributed by atoms with Crippen LogP contribution in [-0.4, -0.2) is 33.2 Å². The molecule has 6 nitrogen and oxygen atoms in total. The third-order valence-corrected chi connectivity index (χ3v) is 6.43. The number of ether oxygens (including phenoxy) is 1. The van der Waals surface area contributed by atoms with Crippen molar-refractivity contribution in [2.45, 2.75) is 12.5 Å². The molecule has 0 unspecified atom stereocenters. The Balaban J connectivity index is 1.62. The zero-order valence-corrected chi connectivity index (χ0v) is 18.4. The fourth-order valence-corrected chi connectivity index (χ4v) is 4.66. The topological polar surface area (TPSA) is 75.7 Å². The second kappa shape index (κ2) is 8.61. The number of nitrogens with zero attached hydrogens (tertiary/aromatic N) is 1. The van der Waals surface area contributed by atoms with Crippen molar-refractivity contribution in [1.82, 2.24) is 0 Å². The van der Waals surface area contributed by atoms with Crippen molar-refractivity contribution in [3.63, 3.8) is 0 Å². The number of carbonyl (C=O) groups excluding carboxylic acids is 1. The number of rotatable bonds is 4. The summed E-state index contributed by atoms with van der Waals surface area (Å²) in [6.07, 6.45) is 0.447. The molecule has 0 radical (unpaired) electrons. The van der Waals surface area contributed by atoms with Crippen molar-refractivity contribution < 1.29 is 17.9 Å². The van der Waals surface area contributed by atoms with E-state index in [1.807, 2.05) is 54.6 Å². The van der Waals surface area contributed by atoms with Gasteiger partial charge in [0.05, 0.1) is 11.9 Å². The summed E-state index contributed by atoms with van der Waals surface area (Å²) in [6, 6.07) is 22.0. The maximum Gasteiger partial charge on any atom is 0.265 e. The first kappa shape index (κ1) is 21.2. The van der Waals surface area contributed by atoms with Crippen LogP contribution >= 0.6 is 11.6 Å². The lowest BCUT2D eigenvalue weighted by Gasteiger charge is -2.21. The van der Waals surface area contributed by atoms with Gasteiger partial charge in [0.1, 0.15) is 5.75 Å². The number of hydrogen-bond donors (Lipinski definition) is 1. The standard InChI is InChI=1S/C23H21ClN2O4S/c1-31(28,29)26-14-13-22(30-21-12-11-17(24)15-20(21)26)23(27)25-19-10-6-5-9-18(19)16-7-3-2-4-8-16/h2-12,15,22H,13-14H2,1H3,(H,25,27)/t22-/m0/s1. The van der Waals surface area contributed by atoms with Crippen molar-refractivity contribution in [3.8, 4) is 16.9 Å². The third-order valence-electron chi connectivity index (χ3n) is 5.02. The molecule has 0 aromatic heterocycles. The summed E-state index contributed by atoms with van der Waals surface area (Å²) in [5.74, 6) is -0.0524. The number of sulfonamides is 1. The molecule has 1 heterocycles. The molecule has 8 heteroatoms. The first-order valence-electron chi connectivity index (χ1n) is 9.72. The van der Waals surface area contributed by atoms with Gasteiger partial charge in [-0.1, -0.05) is 60.1 Å². The second-order valence-electron chi connectivity index (χ2n) is 7.24. The fourth-order valence-electron chi connectivity index (χ4n) is 3.56. The van der Waals surface area contributed by atoms with Crippen LogP contribution in [0.5, 0.6) is 5.75 Å². The highest BCUT2D eigenvalue weighted by Gasteiger charge is 2.31. The molecule has 0 spiro atoms. The van der Waals surface area contributed by atoms with Crippen molar-refractivity contribution >= 4 is 38.9 Å². The van der Waals surface area contributed by atoms with Crippen molar-refractivity contribution in [2.75, 3.05) is 22.4 Å². The SMILES string of the molecule is CS(=O)(=O)N1CC[C@@H](C(=O)Nc2ccccc2-c2ccccc2)Oc2ccc(Cl)cc21. The largest absolute Gasteiger partial charge is 0.478 e. The lowest BCUT2D eigenvalue weighted by atomic mass is 10.0. The van der Waals surface area contributed by atoms with E-state index in [9.17, 15) is 13.2 Å². The number of benzene rings is 3. The number of fused-ring (bicyclic) bond motifs is 1. The molecule has 1 N–H and O–H groups in total. The summed E-state index contributed by atoms with van der Waals surface area (Å²) >= 11 is 6.07. The lowest BCUT2D eigenvalue weighted by Crippen LogP contribution is -2.36. The maximum absolute atomic E-state index is 13.1. The summed E-state index contributed by atoms with van der Waals surface area (Å²) < 4.78 is 31.8. The van der Waals surface area contributed by atoms with E-state index >= 15 is 0 Å². The quantitative estimate of drug-likeness (QED) is 0.624. The monoisotopic (exact) mass is 456 g/mol. The summed E-state index contributed by atoms with van der Waals surface area (Å²) in [5.41, 5.74) is 2.84. The molecule has 160 valence electrons. The molecule has 0 bridgehead atoms. The lowest BCUT2D eigenvalue weighted by molar-refractivity contribution is -0.122. The second-order valence-corrected chi connectivity index (χ2v) is 9.59. The van der Waals surface area contributed by atoms with E-state index in [2.05, 4.69) is 5.32 Å². The van der Waals surface area contributed by atoms with Gasteiger partial charge in [0.15, 0.2) is 6.10 Å². The third kappa shape index (κ3) is 4.68. The van der Waals surface area contributed by atoms with Crippen LogP contribution < -0.4 is 14.4 Å². The molecule has 1 atom stereocenters. The minimum Gasteiger partial charge on any atom is -0.478 e. The molecule has 3 aromatic rings. The number of para-hydroxylation sites is 1. The Morgan fingerprint density at radius 3 is 2.52 bits per heavy atom. The van der Waals surface area contributed by atoms with E-state index in [1.165, 1.54) is 10.4 Å². The highest BCUT2D eigenvalue weighted by atomic mass is 35.5. The summed E-state index contributed by atoms with van der Waals surface area (Å²) in [6.45, 7) is 0.102. The number of amides is 1. The molecule has 31 heavy (non-hydrogen) atoms. The van der Waals surface area contributed by atoms with Crippen LogP contribution in [0, 0.1) is 0 Å². The zero-order valence-electron chi connectivity index (χ0n) is 16.8. The van der Waals surface area contributed by atoms with Gasteiger partial charge in [-0.05, 0) is 29.8 Å². The molecule has 0 fully saturated rings. The summed E-state index contributed by atoms with van der Waals surface area (Å²) in [7, 11) is -3.57. The Bertz CT molecular complexity index is 1220. The predicted octanol–water partition coefficient (Wildman–Crippen LogP) is 4.56. The van der Waals surface area contributed by atoms with Crippen LogP contribution in [0.1, 0.15) is 6.42 Å². The number of halogens is 1. The van der Waals surface area contributed by atoms with Crippen LogP contribution in [0.3, 0.4) is 0 Å². The zero-order chi connectivity index (χ0) is 22.0. The van der Waals surface area contributed by atoms with Gasteiger partial charge in [0.2, 0.25) is 10.0 Å². The first-order valence-corrected chi connectivity index (χ1v) is 11.9. The first-order chi connectivity index (χ1) is 14.8. The van der Waals surface area contributed by atoms with E-state index in [1.54, 1.807) is 12.1 Å². The molecule has 1 aliphatic heterocycles. The molecule has 0 aliphatic carbocycles. The molecule has 0 saturated heterocycles. The summed E-state index contributed by atoms with van der Waals surface area (Å²) in [5, 5.41) is 3.33. The average molecular weight is 457 g/mol. The smallest absolute Gasteiger partial charge is 0.265 e. The van der Waals surface area contributed by atoms with Crippen molar-refractivity contribution in [1.29, 1.82) is 0 Å². The Morgan fingerprint density at radius 1 is 1.06 bits per heavy atom. The molecule has 1 amide bonds. The van der Waals surface area contributed by atoms with Gasteiger partial charge in [-0.15, -0.1) is 0 Å². The van der Waals surface area contributed by atoms with Gasteiger partial charge in [-0.2, -0.15) is 0 Å². The Hall–Kier alpha value is -3.03.